The number of hydrogen-bond acceptors (Lipinski definition) is 20. The highest BCUT2D eigenvalue weighted by molar-refractivity contribution is 5.81. The van der Waals surface area contributed by atoms with Crippen LogP contribution in [0.25, 0.3) is 0 Å². The number of unbranched alkanes of at least 4 members (excludes halogenated alkanes) is 48. The lowest BCUT2D eigenvalue weighted by Crippen LogP contribution is -2.50. The Morgan fingerprint density at radius 2 is 0.558 bits per heavy atom. The molecule has 0 aliphatic heterocycles. The molecule has 0 rings (SSSR count). The molecule has 660 valence electrons. The molecule has 25 nitrogen and oxygen atoms in total. The number of carbonyl (C=O) groups is 10. The van der Waals surface area contributed by atoms with E-state index in [4.69, 9.17) is 33.2 Å². The molecule has 0 bridgehead atoms. The van der Waals surface area contributed by atoms with E-state index in [1.54, 1.807) is 0 Å². The molecule has 0 heterocycles. The second-order valence-corrected chi connectivity index (χ2v) is 31.4. The van der Waals surface area contributed by atoms with Crippen molar-refractivity contribution in [3.05, 3.63) is 0 Å². The monoisotopic (exact) mass is 1610 g/mol. The molecule has 0 aliphatic carbocycles. The zero-order chi connectivity index (χ0) is 83.3. The molecule has 0 aromatic carbocycles. The minimum Gasteiger partial charge on any atom is -0.480 e. The van der Waals surface area contributed by atoms with Gasteiger partial charge in [0.2, 0.25) is 0 Å². The summed E-state index contributed by atoms with van der Waals surface area (Å²) in [6.45, 7) is 2.89. The van der Waals surface area contributed by atoms with Crippen molar-refractivity contribution in [3.63, 3.8) is 0 Å². The molecular formula is C88H161N3O22. The molecule has 0 saturated heterocycles. The van der Waals surface area contributed by atoms with Gasteiger partial charge >= 0.3 is 59.9 Å². The molecule has 113 heavy (non-hydrogen) atoms. The van der Waals surface area contributed by atoms with E-state index in [0.29, 0.717) is 25.7 Å². The summed E-state index contributed by atoms with van der Waals surface area (Å²) in [7, 11) is 0. The Kier molecular flexibility index (Phi) is 74.9. The zero-order valence-corrected chi connectivity index (χ0v) is 71.3. The highest BCUT2D eigenvalue weighted by Gasteiger charge is 2.40. The van der Waals surface area contributed by atoms with Crippen LogP contribution in [0.2, 0.25) is 0 Å². The molecular weight excluding hydrogens is 1450 g/mol. The summed E-state index contributed by atoms with van der Waals surface area (Å²) in [4.78, 5) is 132. The smallest absolute Gasteiger partial charge is 0.480 e. The van der Waals surface area contributed by atoms with Crippen LogP contribution in [0.15, 0.2) is 0 Å². The van der Waals surface area contributed by atoms with E-state index in [9.17, 15) is 73.5 Å². The van der Waals surface area contributed by atoms with Crippen molar-refractivity contribution in [1.82, 2.24) is 14.7 Å². The van der Waals surface area contributed by atoms with Gasteiger partial charge < -0.3 is 58.7 Å². The molecule has 5 N–H and O–H groups in total. The molecule has 0 spiro atoms. The van der Waals surface area contributed by atoms with Crippen LogP contribution in [0.3, 0.4) is 0 Å². The van der Waals surface area contributed by atoms with Crippen molar-refractivity contribution in [2.45, 2.75) is 418 Å². The van der Waals surface area contributed by atoms with E-state index in [2.05, 4.69) is 27.7 Å². The van der Waals surface area contributed by atoms with Crippen molar-refractivity contribution < 1.29 is 107 Å². The first-order valence-electron chi connectivity index (χ1n) is 45.2. The first-order valence-corrected chi connectivity index (χ1v) is 45.2. The van der Waals surface area contributed by atoms with Crippen LogP contribution < -0.4 is 0 Å². The van der Waals surface area contributed by atoms with Gasteiger partial charge in [0.1, 0.15) is 25.4 Å². The molecule has 25 heteroatoms. The molecule has 0 amide bonds. The molecule has 0 fully saturated rings. The molecule has 4 unspecified atom stereocenters. The number of ether oxygens (including phenoxy) is 7. The maximum atomic E-state index is 14.2. The highest BCUT2D eigenvalue weighted by Crippen LogP contribution is 2.23. The number of carbonyl (C=O) groups excluding carboxylic acids is 5. The van der Waals surface area contributed by atoms with Gasteiger partial charge in [0, 0.05) is 58.5 Å². The number of esters is 4. The number of aliphatic carboxylic acids is 5. The fraction of sp³-hybridized carbons (Fsp3) is 0.886. The van der Waals surface area contributed by atoms with Gasteiger partial charge in [-0.25, -0.2) is 4.79 Å². The van der Waals surface area contributed by atoms with Crippen LogP contribution in [0.5, 0.6) is 0 Å². The van der Waals surface area contributed by atoms with Gasteiger partial charge in [0.05, 0.1) is 45.8 Å². The summed E-state index contributed by atoms with van der Waals surface area (Å²) in [6, 6.07) is -1.72. The molecule has 0 saturated carbocycles. The van der Waals surface area contributed by atoms with Crippen LogP contribution >= 0.6 is 0 Å². The maximum absolute atomic E-state index is 14.2. The number of carboxylic acids is 5. The summed E-state index contributed by atoms with van der Waals surface area (Å²) in [5.74, 6) is -9.76. The van der Waals surface area contributed by atoms with Gasteiger partial charge in [0.15, 0.2) is 12.2 Å². The Bertz CT molecular complexity index is 2300. The minimum absolute atomic E-state index is 0.0251. The summed E-state index contributed by atoms with van der Waals surface area (Å²) >= 11 is 0. The van der Waals surface area contributed by atoms with E-state index in [0.717, 1.165) is 117 Å². The van der Waals surface area contributed by atoms with Crippen LogP contribution in [0, 0.1) is 0 Å². The van der Waals surface area contributed by atoms with Gasteiger partial charge in [-0.1, -0.05) is 336 Å². The van der Waals surface area contributed by atoms with Crippen LogP contribution in [-0.4, -0.2) is 210 Å². The Morgan fingerprint density at radius 1 is 0.274 bits per heavy atom. The van der Waals surface area contributed by atoms with Gasteiger partial charge in [0.25, 0.3) is 0 Å². The Morgan fingerprint density at radius 3 is 0.867 bits per heavy atom. The molecule has 0 radical (unpaired) electrons. The summed E-state index contributed by atoms with van der Waals surface area (Å²) < 4.78 is 41.9. The van der Waals surface area contributed by atoms with Gasteiger partial charge in [-0.2, -0.15) is 0 Å². The first kappa shape index (κ1) is 107. The predicted molar refractivity (Wildman–Crippen MR) is 441 cm³/mol. The highest BCUT2D eigenvalue weighted by atomic mass is 16.7. The Hall–Kier alpha value is -5.66. The van der Waals surface area contributed by atoms with Gasteiger partial charge in [-0.15, -0.1) is 0 Å². The third-order valence-corrected chi connectivity index (χ3v) is 20.8. The predicted octanol–water partition coefficient (Wildman–Crippen LogP) is 19.4. The van der Waals surface area contributed by atoms with Crippen LogP contribution in [0.1, 0.15) is 394 Å². The molecule has 0 aliphatic rings. The fourth-order valence-electron chi connectivity index (χ4n) is 14.1. The van der Waals surface area contributed by atoms with E-state index >= 15 is 0 Å². The number of rotatable bonds is 87. The maximum Gasteiger partial charge on any atom is 0.508 e. The van der Waals surface area contributed by atoms with Crippen molar-refractivity contribution >= 4 is 59.9 Å². The Balaban J connectivity index is 7.03. The van der Waals surface area contributed by atoms with Crippen LogP contribution in [-0.2, 0) is 76.3 Å². The normalized spacial score (nSPS) is 12.6. The minimum atomic E-state index is -1.72. The van der Waals surface area contributed by atoms with Crippen LogP contribution in [0.4, 0.5) is 4.79 Å². The summed E-state index contributed by atoms with van der Waals surface area (Å²) in [5.41, 5.74) is 0. The lowest BCUT2D eigenvalue weighted by Gasteiger charge is -2.32. The quantitative estimate of drug-likeness (QED) is 0.0214. The number of hydrogen-bond donors (Lipinski definition) is 5. The van der Waals surface area contributed by atoms with Gasteiger partial charge in [-0.05, 0) is 25.7 Å². The SMILES string of the molecule is CCCCCCCCCCCCCCCOC(COC(=O)CCCCCCCCCCCCCCC)C(OC(=O)OCCCOC(=O)CC(C(=O)O)N(CCN(CC(=O)O)CC(=O)O)CCN(CC(=O)O)CC(=O)O)C(COC(=O)CCCCCCCCCCCCCCC)OC(=O)CCCCCCCCCCCCCCC. The zero-order valence-electron chi connectivity index (χ0n) is 71.3. The number of carboxylic acid groups (broad SMARTS) is 5. The van der Waals surface area contributed by atoms with E-state index in [1.807, 2.05) is 0 Å². The average Bonchev–Trinajstić information content (AvgIpc) is 0.860. The second kappa shape index (κ2) is 78.8. The third-order valence-electron chi connectivity index (χ3n) is 20.8. The fourth-order valence-corrected chi connectivity index (χ4v) is 14.1. The molecule has 0 aromatic heterocycles. The third kappa shape index (κ3) is 71.4. The topological polar surface area (TPSA) is 346 Å². The van der Waals surface area contributed by atoms with Crippen molar-refractivity contribution in [3.8, 4) is 0 Å². The molecule has 4 atom stereocenters. The number of nitrogens with zero attached hydrogens (tertiary/aromatic N) is 3. The van der Waals surface area contributed by atoms with E-state index in [-0.39, 0.29) is 58.5 Å². The molecule has 0 aromatic rings. The van der Waals surface area contributed by atoms with Gasteiger partial charge in [-0.3, -0.25) is 57.9 Å². The largest absolute Gasteiger partial charge is 0.508 e. The Labute approximate surface area is 681 Å². The van der Waals surface area contributed by atoms with Crippen molar-refractivity contribution in [2.24, 2.45) is 0 Å². The lowest BCUT2D eigenvalue weighted by molar-refractivity contribution is -0.183. The van der Waals surface area contributed by atoms with Crippen molar-refractivity contribution in [2.75, 3.05) is 85.4 Å². The van der Waals surface area contributed by atoms with E-state index < -0.39 is 143 Å². The standard InChI is InChI=1S/C88H161N3O22/c1-5-9-13-17-21-25-29-33-37-41-45-49-53-58-82(100)110-73-76(107-65-56-52-48-44-40-36-32-28-24-20-16-12-8-4)86(77(112-84(102)60-55-51-47-43-39-35-31-27-23-19-15-11-7-3)74-111-83(101)59-54-50-46-42-38-34-30-26-22-18-14-10-6-2)113-88(106)109-67-57-66-108-85(103)68-75(87(104)105)91(63-61-89(69-78(92)93)70-79(94)95)64-62-90(71-80(96)97)72-81(98)99/h75-77,86H,5-74H2,1-4H3,(H,92,93)(H,94,95)(H,96,97)(H,98,99)(H,104,105). The average molecular weight is 1610 g/mol. The summed E-state index contributed by atoms with van der Waals surface area (Å²) in [6.07, 6.45) is 52.0. The van der Waals surface area contributed by atoms with Crippen molar-refractivity contribution in [1.29, 1.82) is 0 Å². The summed E-state index contributed by atoms with van der Waals surface area (Å²) in [5, 5.41) is 48.3. The second-order valence-electron chi connectivity index (χ2n) is 31.4. The van der Waals surface area contributed by atoms with E-state index in [1.165, 1.54) is 205 Å². The first-order chi connectivity index (χ1) is 54.8. The lowest BCUT2D eigenvalue weighted by atomic mass is 10.0.